The molecule has 5 N–H and O–H groups in total. The second kappa shape index (κ2) is 21.2. The molecule has 2 amide bonds. The number of carbonyl (C=O) groups excluding carboxylic acids is 2. The van der Waals surface area contributed by atoms with Crippen molar-refractivity contribution >= 4 is 63.2 Å². The van der Waals surface area contributed by atoms with Crippen LogP contribution in [0, 0.1) is 13.8 Å². The van der Waals surface area contributed by atoms with Crippen LogP contribution in [0.1, 0.15) is 75.2 Å². The molecule has 0 saturated carbocycles. The van der Waals surface area contributed by atoms with Gasteiger partial charge >= 0.3 is 12.2 Å². The van der Waals surface area contributed by atoms with E-state index in [4.69, 9.17) is 48.9 Å². The van der Waals surface area contributed by atoms with Gasteiger partial charge in [-0.2, -0.15) is 10.2 Å². The van der Waals surface area contributed by atoms with Crippen molar-refractivity contribution in [2.45, 2.75) is 106 Å². The maximum Gasteiger partial charge on any atom is 0.410 e. The predicted molar refractivity (Wildman–Crippen MR) is 260 cm³/mol. The zero-order chi connectivity index (χ0) is 48.8. The van der Waals surface area contributed by atoms with Crippen LogP contribution in [0.25, 0.3) is 22.5 Å². The van der Waals surface area contributed by atoms with Crippen LogP contribution < -0.4 is 16.2 Å². The maximum absolute atomic E-state index is 12.7. The Kier molecular flexibility index (Phi) is 15.9. The SMILES string of the molecule is BrCCn1cccn1.Cc1cc(Cl)cc(O)c1-c1nc(N)nc2c1CN(C(=O)OC(C)(C)C)C2.Cc1cc(Cl)cc(OCCn2cccn2)c1-c1nc(N)nc2c1CN(C(=O)OC(C)(C)C)C2. The molecule has 21 heteroatoms. The minimum atomic E-state index is -0.595. The molecule has 6 aromatic rings. The lowest BCUT2D eigenvalue weighted by Gasteiger charge is -2.24. The molecule has 6 heterocycles. The van der Waals surface area contributed by atoms with E-state index in [-0.39, 0.29) is 30.7 Å². The summed E-state index contributed by atoms with van der Waals surface area (Å²) in [6, 6.07) is 10.6. The average molecular weight is 1020 g/mol. The van der Waals surface area contributed by atoms with Gasteiger partial charge in [-0.15, -0.1) is 0 Å². The highest BCUT2D eigenvalue weighted by Gasteiger charge is 2.34. The number of hydrogen-bond donors (Lipinski definition) is 3. The summed E-state index contributed by atoms with van der Waals surface area (Å²) in [5.41, 5.74) is 17.7. The van der Waals surface area contributed by atoms with Crippen LogP contribution in [-0.2, 0) is 48.7 Å². The predicted octanol–water partition coefficient (Wildman–Crippen LogP) is 9.14. The van der Waals surface area contributed by atoms with Gasteiger partial charge in [0.1, 0.15) is 29.3 Å². The van der Waals surface area contributed by atoms with Gasteiger partial charge < -0.3 is 30.8 Å². The van der Waals surface area contributed by atoms with E-state index in [1.54, 1.807) is 34.1 Å². The molecule has 2 aromatic carbocycles. The average Bonchev–Trinajstić information content (AvgIpc) is 4.05. The van der Waals surface area contributed by atoms with E-state index in [0.29, 0.717) is 70.4 Å². The largest absolute Gasteiger partial charge is 0.507 e. The number of halogens is 3. The lowest BCUT2D eigenvalue weighted by Crippen LogP contribution is -2.33. The molecule has 4 aromatic heterocycles. The molecule has 18 nitrogen and oxygen atoms in total. The first-order valence-corrected chi connectivity index (χ1v) is 23.2. The van der Waals surface area contributed by atoms with Crippen LogP contribution in [-0.4, -0.2) is 89.7 Å². The number of hydrogen-bond acceptors (Lipinski definition) is 14. The van der Waals surface area contributed by atoms with E-state index in [0.717, 1.165) is 39.7 Å². The number of anilines is 2. The molecule has 8 rings (SSSR count). The number of alkyl halides is 1. The summed E-state index contributed by atoms with van der Waals surface area (Å²) in [6.07, 6.45) is 6.48. The molecule has 0 aliphatic carbocycles. The molecule has 67 heavy (non-hydrogen) atoms. The second-order valence-corrected chi connectivity index (χ2v) is 19.3. The number of aromatic nitrogens is 8. The fourth-order valence-corrected chi connectivity index (χ4v) is 8.13. The van der Waals surface area contributed by atoms with Gasteiger partial charge in [-0.05, 0) is 103 Å². The molecule has 0 atom stereocenters. The molecule has 2 aliphatic heterocycles. The summed E-state index contributed by atoms with van der Waals surface area (Å²) in [6.45, 7) is 17.8. The number of rotatable bonds is 8. The summed E-state index contributed by atoms with van der Waals surface area (Å²) in [5.74, 6) is 0.805. The minimum absolute atomic E-state index is 0.00557. The quantitative estimate of drug-likeness (QED) is 0.121. The van der Waals surface area contributed by atoms with Crippen LogP contribution in [0.3, 0.4) is 0 Å². The molecule has 0 fully saturated rings. The van der Waals surface area contributed by atoms with E-state index in [1.165, 1.54) is 11.0 Å². The van der Waals surface area contributed by atoms with Crippen molar-refractivity contribution in [1.29, 1.82) is 0 Å². The standard InChI is InChI=1S/C23H27ClN6O3.C18H21ClN4O3.C5H7BrN2/c1-14-10-15(24)11-18(32-9-8-30-7-5-6-26-30)19(14)20-16-12-29(22(31)33-23(2,3)4)13-17(16)27-21(25)28-20;1-9-5-10(19)6-13(24)14(9)15-11-7-23(17(25)26-18(2,3)4)8-12(11)21-16(20)22-15;6-2-5-8-4-1-3-7-8/h5-7,10-11H,8-9,12-13H2,1-4H3,(H2,25,27,28);5-6,24H,7-8H2,1-4H3,(H2,20,21,22);1,3-4H,2,5H2. The number of phenols is 1. The number of nitrogens with zero attached hydrogens (tertiary/aromatic N) is 10. The monoisotopic (exact) mass is 1020 g/mol. The lowest BCUT2D eigenvalue weighted by atomic mass is 10.00. The van der Waals surface area contributed by atoms with Crippen molar-refractivity contribution in [3.8, 4) is 34.0 Å². The Morgan fingerprint density at radius 3 is 1.61 bits per heavy atom. The van der Waals surface area contributed by atoms with Gasteiger partial charge in [0.15, 0.2) is 0 Å². The summed E-state index contributed by atoms with van der Waals surface area (Å²) in [5, 5.41) is 20.5. The fourth-order valence-electron chi connectivity index (χ4n) is 7.24. The number of phenolic OH excluding ortho intramolecular Hbond substituents is 1. The Morgan fingerprint density at radius 2 is 1.16 bits per heavy atom. The molecule has 0 saturated heterocycles. The van der Waals surface area contributed by atoms with Crippen molar-refractivity contribution in [2.24, 2.45) is 0 Å². The first kappa shape index (κ1) is 50.2. The van der Waals surface area contributed by atoms with Gasteiger partial charge in [0, 0.05) is 62.4 Å². The van der Waals surface area contributed by atoms with E-state index >= 15 is 0 Å². The van der Waals surface area contributed by atoms with Crippen LogP contribution in [0.5, 0.6) is 11.5 Å². The number of benzene rings is 2. The normalized spacial score (nSPS) is 12.9. The van der Waals surface area contributed by atoms with Crippen molar-refractivity contribution in [2.75, 3.05) is 23.4 Å². The van der Waals surface area contributed by atoms with Gasteiger partial charge in [-0.1, -0.05) is 39.1 Å². The molecule has 2 aliphatic rings. The Hall–Kier alpha value is -6.18. The molecule has 0 radical (unpaired) electrons. The number of nitrogens with two attached hydrogens (primary N) is 2. The minimum Gasteiger partial charge on any atom is -0.507 e. The van der Waals surface area contributed by atoms with E-state index in [1.807, 2.05) is 90.7 Å². The first-order chi connectivity index (χ1) is 31.6. The highest BCUT2D eigenvalue weighted by atomic mass is 79.9. The molecule has 0 unspecified atom stereocenters. The van der Waals surface area contributed by atoms with Crippen molar-refractivity contribution in [3.05, 3.63) is 105 Å². The number of aryl methyl sites for hydroxylation is 3. The number of aromatic hydroxyl groups is 1. The molecule has 356 valence electrons. The van der Waals surface area contributed by atoms with E-state index in [9.17, 15) is 14.7 Å². The summed E-state index contributed by atoms with van der Waals surface area (Å²) in [4.78, 5) is 45.7. The summed E-state index contributed by atoms with van der Waals surface area (Å²) >= 11 is 15.6. The Morgan fingerprint density at radius 1 is 0.701 bits per heavy atom. The maximum atomic E-state index is 12.7. The Labute approximate surface area is 407 Å². The van der Waals surface area contributed by atoms with Crippen LogP contribution in [0.2, 0.25) is 10.0 Å². The van der Waals surface area contributed by atoms with Crippen molar-refractivity contribution < 1.29 is 28.9 Å². The highest BCUT2D eigenvalue weighted by Crippen LogP contribution is 2.41. The van der Waals surface area contributed by atoms with Crippen molar-refractivity contribution in [1.82, 2.24) is 49.3 Å². The molecule has 0 bridgehead atoms. The summed E-state index contributed by atoms with van der Waals surface area (Å²) in [7, 11) is 0. The third kappa shape index (κ3) is 13.3. The molecule has 0 spiro atoms. The number of amides is 2. The Bertz CT molecular complexity index is 2680. The Balaban J connectivity index is 0.000000193. The number of fused-ring (bicyclic) bond motifs is 2. The van der Waals surface area contributed by atoms with Crippen LogP contribution >= 0.6 is 39.1 Å². The van der Waals surface area contributed by atoms with Gasteiger partial charge in [0.2, 0.25) is 11.9 Å². The van der Waals surface area contributed by atoms with E-state index in [2.05, 4.69) is 46.1 Å². The number of nitrogen functional groups attached to an aromatic ring is 2. The van der Waals surface area contributed by atoms with E-state index < -0.39 is 23.4 Å². The topological polar surface area (TPSA) is 228 Å². The van der Waals surface area contributed by atoms with Crippen molar-refractivity contribution in [3.63, 3.8) is 0 Å². The fraction of sp³-hybridized carbons (Fsp3) is 0.391. The van der Waals surface area contributed by atoms with Gasteiger partial charge in [0.05, 0.1) is 62.0 Å². The second-order valence-electron chi connectivity index (χ2n) is 17.7. The lowest BCUT2D eigenvalue weighted by molar-refractivity contribution is 0.0231. The third-order valence-corrected chi connectivity index (χ3v) is 10.7. The highest BCUT2D eigenvalue weighted by molar-refractivity contribution is 9.09. The van der Waals surface area contributed by atoms with Gasteiger partial charge in [-0.3, -0.25) is 19.2 Å². The number of carbonyl (C=O) groups is 2. The smallest absolute Gasteiger partial charge is 0.410 e. The van der Waals surface area contributed by atoms with Gasteiger partial charge in [-0.25, -0.2) is 29.5 Å². The molecular weight excluding hydrogens is 967 g/mol. The van der Waals surface area contributed by atoms with Crippen LogP contribution in [0.4, 0.5) is 21.5 Å². The summed E-state index contributed by atoms with van der Waals surface area (Å²) < 4.78 is 20.8. The zero-order valence-corrected chi connectivity index (χ0v) is 41.8. The number of ether oxygens (including phenoxy) is 3. The first-order valence-electron chi connectivity index (χ1n) is 21.3. The third-order valence-electron chi connectivity index (χ3n) is 9.93. The van der Waals surface area contributed by atoms with Gasteiger partial charge in [0.25, 0.3) is 0 Å². The molecular formula is C46H55BrCl2N12O6. The zero-order valence-electron chi connectivity index (χ0n) is 38.7. The van der Waals surface area contributed by atoms with Crippen LogP contribution in [0.15, 0.2) is 61.2 Å².